The molecule has 0 bridgehead atoms. The van der Waals surface area contributed by atoms with Crippen molar-refractivity contribution in [3.8, 4) is 0 Å². The highest BCUT2D eigenvalue weighted by atomic mass is 32.2. The van der Waals surface area contributed by atoms with Gasteiger partial charge in [0.15, 0.2) is 0 Å². The van der Waals surface area contributed by atoms with Crippen LogP contribution in [0.25, 0.3) is 21.8 Å². The second-order valence-corrected chi connectivity index (χ2v) is 8.11. The number of benzene rings is 1. The molecular formula is C14H12N2O6S2. The molecule has 0 aliphatic heterocycles. The Hall–Kier alpha value is -2.14. The average molecular weight is 368 g/mol. The molecule has 0 amide bonds. The third kappa shape index (κ3) is 2.73. The number of pyridine rings is 2. The number of hydrogen-bond donors (Lipinski definition) is 2. The molecule has 2 heterocycles. The van der Waals surface area contributed by atoms with Crippen LogP contribution < -0.4 is 0 Å². The minimum atomic E-state index is -4.50. The summed E-state index contributed by atoms with van der Waals surface area (Å²) in [5, 5.41) is 0.213. The maximum Gasteiger partial charge on any atom is 0.295 e. The van der Waals surface area contributed by atoms with Crippen molar-refractivity contribution < 1.29 is 25.9 Å². The highest BCUT2D eigenvalue weighted by Gasteiger charge is 2.21. The molecule has 8 nitrogen and oxygen atoms in total. The summed E-state index contributed by atoms with van der Waals surface area (Å²) in [6, 6.07) is 5.06. The summed E-state index contributed by atoms with van der Waals surface area (Å²) >= 11 is 0. The van der Waals surface area contributed by atoms with Gasteiger partial charge in [-0.2, -0.15) is 16.8 Å². The topological polar surface area (TPSA) is 135 Å². The third-order valence-electron chi connectivity index (χ3n) is 3.49. The molecule has 0 unspecified atom stereocenters. The first kappa shape index (κ1) is 16.7. The van der Waals surface area contributed by atoms with Crippen LogP contribution in [-0.2, 0) is 20.2 Å². The van der Waals surface area contributed by atoms with Crippen LogP contribution in [0.4, 0.5) is 0 Å². The summed E-state index contributed by atoms with van der Waals surface area (Å²) < 4.78 is 65.2. The van der Waals surface area contributed by atoms with Crippen LogP contribution in [0, 0.1) is 13.8 Å². The molecule has 24 heavy (non-hydrogen) atoms. The molecule has 0 saturated heterocycles. The Kier molecular flexibility index (Phi) is 3.61. The Morgan fingerprint density at radius 3 is 1.38 bits per heavy atom. The van der Waals surface area contributed by atoms with Gasteiger partial charge < -0.3 is 0 Å². The van der Waals surface area contributed by atoms with Crippen LogP contribution in [0.15, 0.2) is 34.1 Å². The zero-order chi connectivity index (χ0) is 17.9. The van der Waals surface area contributed by atoms with Gasteiger partial charge in [0.25, 0.3) is 20.2 Å². The fourth-order valence-electron chi connectivity index (χ4n) is 2.58. The van der Waals surface area contributed by atoms with Crippen molar-refractivity contribution in [2.24, 2.45) is 0 Å². The van der Waals surface area contributed by atoms with Gasteiger partial charge in [-0.1, -0.05) is 12.1 Å². The Labute approximate surface area is 137 Å². The van der Waals surface area contributed by atoms with E-state index in [-0.39, 0.29) is 31.6 Å². The lowest BCUT2D eigenvalue weighted by Gasteiger charge is -2.10. The Bertz CT molecular complexity index is 1120. The molecule has 0 radical (unpaired) electrons. The SMILES string of the molecule is Cc1cc(S(=O)(=O)O)c2ccc3c(S(=O)(=O)O)cc(C)nc3c2n1. The van der Waals surface area contributed by atoms with Crippen molar-refractivity contribution in [3.63, 3.8) is 0 Å². The minimum Gasteiger partial charge on any atom is -0.282 e. The highest BCUT2D eigenvalue weighted by Crippen LogP contribution is 2.31. The maximum absolute atomic E-state index is 11.6. The first-order chi connectivity index (χ1) is 11.0. The minimum absolute atomic E-state index is 0.106. The lowest BCUT2D eigenvalue weighted by atomic mass is 10.1. The van der Waals surface area contributed by atoms with E-state index in [2.05, 4.69) is 9.97 Å². The number of rotatable bonds is 2. The Morgan fingerprint density at radius 2 is 1.08 bits per heavy atom. The highest BCUT2D eigenvalue weighted by molar-refractivity contribution is 7.86. The fourth-order valence-corrected chi connectivity index (χ4v) is 4.11. The zero-order valence-corrected chi connectivity index (χ0v) is 14.2. The second-order valence-electron chi connectivity index (χ2n) is 5.33. The predicted molar refractivity (Wildman–Crippen MR) is 86.1 cm³/mol. The van der Waals surface area contributed by atoms with E-state index in [1.807, 2.05) is 0 Å². The van der Waals surface area contributed by atoms with Crippen molar-refractivity contribution in [1.29, 1.82) is 0 Å². The summed E-state index contributed by atoms with van der Waals surface area (Å²) in [5.41, 5.74) is 0.848. The van der Waals surface area contributed by atoms with Gasteiger partial charge >= 0.3 is 0 Å². The number of hydrogen-bond acceptors (Lipinski definition) is 6. The quantitative estimate of drug-likeness (QED) is 0.517. The molecule has 3 rings (SSSR count). The molecule has 2 N–H and O–H groups in total. The smallest absolute Gasteiger partial charge is 0.282 e. The lowest BCUT2D eigenvalue weighted by molar-refractivity contribution is 0.481. The molecule has 3 aromatic rings. The van der Waals surface area contributed by atoms with Crippen LogP contribution in [0.3, 0.4) is 0 Å². The molecule has 0 aliphatic rings. The first-order valence-corrected chi connectivity index (χ1v) is 9.53. The number of fused-ring (bicyclic) bond motifs is 3. The van der Waals surface area contributed by atoms with Gasteiger partial charge in [0.1, 0.15) is 9.79 Å². The Balaban J connectivity index is 2.63. The van der Waals surface area contributed by atoms with E-state index in [4.69, 9.17) is 0 Å². The lowest BCUT2D eigenvalue weighted by Crippen LogP contribution is -2.04. The maximum atomic E-state index is 11.6. The molecule has 0 saturated carbocycles. The summed E-state index contributed by atoms with van der Waals surface area (Å²) in [4.78, 5) is 7.77. The van der Waals surface area contributed by atoms with Gasteiger partial charge in [-0.25, -0.2) is 0 Å². The second kappa shape index (κ2) is 5.18. The van der Waals surface area contributed by atoms with Gasteiger partial charge in [-0.15, -0.1) is 0 Å². The molecule has 0 atom stereocenters. The van der Waals surface area contributed by atoms with Crippen molar-refractivity contribution >= 4 is 42.0 Å². The predicted octanol–water partition coefficient (Wildman–Crippen LogP) is 1.89. The average Bonchev–Trinajstić information content (AvgIpc) is 2.43. The molecule has 0 fully saturated rings. The van der Waals surface area contributed by atoms with Crippen LogP contribution in [0.5, 0.6) is 0 Å². The summed E-state index contributed by atoms with van der Waals surface area (Å²) in [7, 11) is -9.01. The standard InChI is InChI=1S/C14H12N2O6S2/c1-7-5-11(23(17,18)19)9-3-4-10-12(24(20,21)22)6-8(2)16-14(10)13(9)15-7/h3-6H,1-2H3,(H,17,18,19)(H,20,21,22). The monoisotopic (exact) mass is 368 g/mol. The van der Waals surface area contributed by atoms with Gasteiger partial charge in [0, 0.05) is 22.2 Å². The number of aryl methyl sites for hydroxylation is 2. The largest absolute Gasteiger partial charge is 0.295 e. The van der Waals surface area contributed by atoms with Crippen molar-refractivity contribution in [3.05, 3.63) is 35.7 Å². The molecule has 2 aromatic heterocycles. The summed E-state index contributed by atoms with van der Waals surface area (Å²) in [6.45, 7) is 3.07. The fraction of sp³-hybridized carbons (Fsp3) is 0.143. The van der Waals surface area contributed by atoms with Crippen LogP contribution >= 0.6 is 0 Å². The number of nitrogens with zero attached hydrogens (tertiary/aromatic N) is 2. The normalized spacial score (nSPS) is 12.8. The molecule has 126 valence electrons. The van der Waals surface area contributed by atoms with Crippen molar-refractivity contribution in [2.45, 2.75) is 23.6 Å². The molecule has 10 heteroatoms. The van der Waals surface area contributed by atoms with E-state index in [0.29, 0.717) is 11.4 Å². The van der Waals surface area contributed by atoms with E-state index >= 15 is 0 Å². The first-order valence-electron chi connectivity index (χ1n) is 6.65. The van der Waals surface area contributed by atoms with Crippen molar-refractivity contribution in [1.82, 2.24) is 9.97 Å². The zero-order valence-electron chi connectivity index (χ0n) is 12.5. The van der Waals surface area contributed by atoms with E-state index in [9.17, 15) is 25.9 Å². The van der Waals surface area contributed by atoms with Gasteiger partial charge in [-0.05, 0) is 26.0 Å². The van der Waals surface area contributed by atoms with E-state index < -0.39 is 20.2 Å². The Morgan fingerprint density at radius 1 is 0.750 bits per heavy atom. The number of aromatic nitrogens is 2. The van der Waals surface area contributed by atoms with Crippen molar-refractivity contribution in [2.75, 3.05) is 0 Å². The van der Waals surface area contributed by atoms with E-state index in [0.717, 1.165) is 0 Å². The van der Waals surface area contributed by atoms with Gasteiger partial charge in [0.05, 0.1) is 11.0 Å². The van der Waals surface area contributed by atoms with Crippen LogP contribution in [0.1, 0.15) is 11.4 Å². The molecular weight excluding hydrogens is 356 g/mol. The molecule has 0 aliphatic carbocycles. The molecule has 0 spiro atoms. The van der Waals surface area contributed by atoms with Crippen LogP contribution in [-0.4, -0.2) is 35.9 Å². The van der Waals surface area contributed by atoms with Crippen LogP contribution in [0.2, 0.25) is 0 Å². The summed E-state index contributed by atoms with van der Waals surface area (Å²) in [5.74, 6) is 0. The van der Waals surface area contributed by atoms with E-state index in [1.165, 1.54) is 38.1 Å². The third-order valence-corrected chi connectivity index (χ3v) is 5.28. The van der Waals surface area contributed by atoms with Gasteiger partial charge in [-0.3, -0.25) is 19.1 Å². The summed E-state index contributed by atoms with van der Waals surface area (Å²) in [6.07, 6.45) is 0. The molecule has 1 aromatic carbocycles. The van der Waals surface area contributed by atoms with Gasteiger partial charge in [0.2, 0.25) is 0 Å². The van der Waals surface area contributed by atoms with E-state index in [1.54, 1.807) is 0 Å².